The first-order chi connectivity index (χ1) is 17.5. The number of rotatable bonds is 7. The molecule has 0 fully saturated rings. The number of aromatic nitrogens is 1. The summed E-state index contributed by atoms with van der Waals surface area (Å²) < 4.78 is 0. The van der Waals surface area contributed by atoms with Crippen molar-refractivity contribution in [1.29, 1.82) is 0 Å². The third kappa shape index (κ3) is 5.77. The minimum absolute atomic E-state index is 0.0309. The zero-order valence-electron chi connectivity index (χ0n) is 20.9. The van der Waals surface area contributed by atoms with Gasteiger partial charge in [0.15, 0.2) is 0 Å². The zero-order valence-corrected chi connectivity index (χ0v) is 22.4. The monoisotopic (exact) mass is 521 g/mol. The van der Waals surface area contributed by atoms with Crippen LogP contribution in [0.15, 0.2) is 54.6 Å². The van der Waals surface area contributed by atoms with Crippen LogP contribution in [0.2, 0.25) is 10.0 Å². The van der Waals surface area contributed by atoms with Crippen LogP contribution in [0.25, 0.3) is 0 Å². The molecule has 0 radical (unpaired) electrons. The highest BCUT2D eigenvalue weighted by Crippen LogP contribution is 2.30. The van der Waals surface area contributed by atoms with Crippen LogP contribution in [0.4, 0.5) is 0 Å². The Labute approximate surface area is 224 Å². The number of benzene rings is 2. The molecule has 1 atom stereocenters. The van der Waals surface area contributed by atoms with Crippen LogP contribution in [0.3, 0.4) is 0 Å². The number of amides is 1. The van der Waals surface area contributed by atoms with Gasteiger partial charge >= 0.3 is 0 Å². The van der Waals surface area contributed by atoms with Gasteiger partial charge in [-0.3, -0.25) is 14.7 Å². The van der Waals surface area contributed by atoms with E-state index in [1.807, 2.05) is 60.5 Å². The number of carbonyl (C=O) groups is 1. The van der Waals surface area contributed by atoms with Crippen molar-refractivity contribution in [2.75, 3.05) is 26.7 Å². The maximum atomic E-state index is 13.1. The highest BCUT2D eigenvalue weighted by atomic mass is 35.5. The molecule has 4 nitrogen and oxygen atoms in total. The zero-order chi connectivity index (χ0) is 25.1. The van der Waals surface area contributed by atoms with E-state index in [4.69, 9.17) is 28.2 Å². The molecule has 2 aliphatic rings. The summed E-state index contributed by atoms with van der Waals surface area (Å²) >= 11 is 12.6. The average Bonchev–Trinajstić information content (AvgIpc) is 2.91. The Hall–Kier alpha value is -2.40. The lowest BCUT2D eigenvalue weighted by molar-refractivity contribution is 0.0782. The summed E-state index contributed by atoms with van der Waals surface area (Å²) in [6.07, 6.45) is 6.77. The Morgan fingerprint density at radius 2 is 1.75 bits per heavy atom. The van der Waals surface area contributed by atoms with Gasteiger partial charge in [-0.05, 0) is 79.6 Å². The molecule has 0 saturated heterocycles. The van der Waals surface area contributed by atoms with Gasteiger partial charge in [0.2, 0.25) is 0 Å². The van der Waals surface area contributed by atoms with Crippen molar-refractivity contribution < 1.29 is 4.79 Å². The van der Waals surface area contributed by atoms with Crippen LogP contribution in [0.1, 0.15) is 63.6 Å². The van der Waals surface area contributed by atoms with E-state index in [1.54, 1.807) is 0 Å². The fraction of sp³-hybridized carbons (Fsp3) is 0.400. The van der Waals surface area contributed by atoms with E-state index in [9.17, 15) is 4.79 Å². The predicted molar refractivity (Wildman–Crippen MR) is 147 cm³/mol. The summed E-state index contributed by atoms with van der Waals surface area (Å²) in [7, 11) is 1.88. The summed E-state index contributed by atoms with van der Waals surface area (Å²) in [6.45, 7) is 3.54. The second-order valence-corrected chi connectivity index (χ2v) is 11.0. The topological polar surface area (TPSA) is 36.4 Å². The molecule has 0 bridgehead atoms. The summed E-state index contributed by atoms with van der Waals surface area (Å²) in [5.41, 5.74) is 7.29. The molecule has 2 heterocycles. The highest BCUT2D eigenvalue weighted by molar-refractivity contribution is 6.42. The number of halogens is 2. The molecule has 1 aliphatic heterocycles. The standard InChI is InChI=1S/C30H33Cl2N3O/c1-34(30(36)21-7-3-2-4-8-21)19-24(22-11-12-26(31)27(32)18-22)13-15-35-16-14-29-25(20-35)17-23-9-5-6-10-28(23)33-29/h2-4,7-8,11-12,17-18,24H,5-6,9-10,13-16,19-20H2,1H3. The van der Waals surface area contributed by atoms with E-state index in [-0.39, 0.29) is 11.8 Å². The van der Waals surface area contributed by atoms with Gasteiger partial charge in [0.1, 0.15) is 0 Å². The highest BCUT2D eigenvalue weighted by Gasteiger charge is 2.24. The van der Waals surface area contributed by atoms with Crippen molar-refractivity contribution in [3.63, 3.8) is 0 Å². The van der Waals surface area contributed by atoms with E-state index in [1.165, 1.54) is 35.4 Å². The molecule has 0 N–H and O–H groups in total. The largest absolute Gasteiger partial charge is 0.341 e. The molecule has 6 heteroatoms. The lowest BCUT2D eigenvalue weighted by Gasteiger charge is -2.32. The molecule has 3 aromatic rings. The molecule has 1 aliphatic carbocycles. The number of hydrogen-bond donors (Lipinski definition) is 0. The van der Waals surface area contributed by atoms with Crippen LogP contribution in [-0.4, -0.2) is 47.4 Å². The molecular formula is C30H33Cl2N3O. The maximum absolute atomic E-state index is 13.1. The Morgan fingerprint density at radius 1 is 0.972 bits per heavy atom. The third-order valence-electron chi connectivity index (χ3n) is 7.60. The van der Waals surface area contributed by atoms with Crippen molar-refractivity contribution in [2.45, 2.75) is 51.0 Å². The van der Waals surface area contributed by atoms with Gasteiger partial charge in [-0.25, -0.2) is 0 Å². The van der Waals surface area contributed by atoms with Crippen LogP contribution in [0.5, 0.6) is 0 Å². The first-order valence-corrected chi connectivity index (χ1v) is 13.7. The number of hydrogen-bond acceptors (Lipinski definition) is 3. The molecule has 0 spiro atoms. The lowest BCUT2D eigenvalue weighted by atomic mass is 9.91. The summed E-state index contributed by atoms with van der Waals surface area (Å²) in [5.74, 6) is 0.184. The smallest absolute Gasteiger partial charge is 0.253 e. The van der Waals surface area contributed by atoms with Crippen LogP contribution >= 0.6 is 23.2 Å². The number of fused-ring (bicyclic) bond motifs is 2. The lowest BCUT2D eigenvalue weighted by Crippen LogP contribution is -2.35. The van der Waals surface area contributed by atoms with Crippen molar-refractivity contribution in [1.82, 2.24) is 14.8 Å². The van der Waals surface area contributed by atoms with Crippen LogP contribution < -0.4 is 0 Å². The summed E-state index contributed by atoms with van der Waals surface area (Å²) in [5, 5.41) is 1.11. The Morgan fingerprint density at radius 3 is 2.56 bits per heavy atom. The van der Waals surface area contributed by atoms with Gasteiger partial charge < -0.3 is 4.90 Å². The number of aryl methyl sites for hydroxylation is 2. The van der Waals surface area contributed by atoms with Crippen LogP contribution in [0, 0.1) is 0 Å². The molecule has 0 saturated carbocycles. The molecular weight excluding hydrogens is 489 g/mol. The first kappa shape index (κ1) is 25.3. The van der Waals surface area contributed by atoms with Gasteiger partial charge in [-0.15, -0.1) is 0 Å². The van der Waals surface area contributed by atoms with Crippen molar-refractivity contribution in [2.24, 2.45) is 0 Å². The van der Waals surface area contributed by atoms with Crippen molar-refractivity contribution in [3.05, 3.63) is 98.3 Å². The van der Waals surface area contributed by atoms with Gasteiger partial charge in [-0.2, -0.15) is 0 Å². The Kier molecular flexibility index (Phi) is 7.95. The summed E-state index contributed by atoms with van der Waals surface area (Å²) in [4.78, 5) is 22.4. The number of pyridine rings is 1. The molecule has 36 heavy (non-hydrogen) atoms. The van der Waals surface area contributed by atoms with E-state index in [2.05, 4.69) is 11.0 Å². The van der Waals surface area contributed by atoms with E-state index in [0.29, 0.717) is 22.2 Å². The van der Waals surface area contributed by atoms with E-state index >= 15 is 0 Å². The van der Waals surface area contributed by atoms with E-state index < -0.39 is 0 Å². The molecule has 5 rings (SSSR count). The first-order valence-electron chi connectivity index (χ1n) is 13.0. The fourth-order valence-electron chi connectivity index (χ4n) is 5.54. The minimum atomic E-state index is 0.0309. The van der Waals surface area contributed by atoms with Crippen molar-refractivity contribution >= 4 is 29.1 Å². The molecule has 2 aromatic carbocycles. The third-order valence-corrected chi connectivity index (χ3v) is 8.34. The normalized spacial score (nSPS) is 16.2. The molecule has 188 valence electrons. The molecule has 1 aromatic heterocycles. The minimum Gasteiger partial charge on any atom is -0.341 e. The quantitative estimate of drug-likeness (QED) is 0.352. The second kappa shape index (κ2) is 11.3. The predicted octanol–water partition coefficient (Wildman–Crippen LogP) is 6.57. The van der Waals surface area contributed by atoms with Gasteiger partial charge in [0.05, 0.1) is 10.0 Å². The summed E-state index contributed by atoms with van der Waals surface area (Å²) in [6, 6.07) is 17.7. The number of nitrogens with zero attached hydrogens (tertiary/aromatic N) is 3. The fourth-order valence-corrected chi connectivity index (χ4v) is 5.84. The van der Waals surface area contributed by atoms with Gasteiger partial charge in [0, 0.05) is 56.0 Å². The van der Waals surface area contributed by atoms with Crippen molar-refractivity contribution in [3.8, 4) is 0 Å². The van der Waals surface area contributed by atoms with Gasteiger partial charge in [0.25, 0.3) is 5.91 Å². The molecule has 1 amide bonds. The Bertz CT molecular complexity index is 1230. The van der Waals surface area contributed by atoms with E-state index in [0.717, 1.165) is 50.9 Å². The average molecular weight is 523 g/mol. The maximum Gasteiger partial charge on any atom is 0.253 e. The second-order valence-electron chi connectivity index (χ2n) is 10.1. The SMILES string of the molecule is CN(CC(CCN1CCc2nc3c(cc2C1)CCCC3)c1ccc(Cl)c(Cl)c1)C(=O)c1ccccc1. The van der Waals surface area contributed by atoms with Crippen LogP contribution in [-0.2, 0) is 25.8 Å². The number of carbonyl (C=O) groups excluding carboxylic acids is 1. The molecule has 1 unspecified atom stereocenters. The van der Waals surface area contributed by atoms with Gasteiger partial charge in [-0.1, -0.05) is 53.5 Å². The number of likely N-dealkylation sites (N-methyl/N-ethyl adjacent to an activating group) is 1. The Balaban J connectivity index is 1.29.